The molecule has 0 saturated carbocycles. The highest BCUT2D eigenvalue weighted by Gasteiger charge is 2.25. The fourth-order valence-electron chi connectivity index (χ4n) is 3.89. The van der Waals surface area contributed by atoms with Gasteiger partial charge in [-0.1, -0.05) is 43.1 Å². The summed E-state index contributed by atoms with van der Waals surface area (Å²) < 4.78 is 22.0. The molecule has 0 bridgehead atoms. The van der Waals surface area contributed by atoms with E-state index in [1.165, 1.54) is 0 Å². The summed E-state index contributed by atoms with van der Waals surface area (Å²) in [6.07, 6.45) is 4.29. The minimum Gasteiger partial charge on any atom is -0.494 e. The fourth-order valence-corrected chi connectivity index (χ4v) is 4.12. The molecule has 0 unspecified atom stereocenters. The molecule has 0 spiro atoms. The van der Waals surface area contributed by atoms with Crippen LogP contribution in [0.4, 0.5) is 0 Å². The molecule has 3 rings (SSSR count). The van der Waals surface area contributed by atoms with Crippen molar-refractivity contribution in [2.45, 2.75) is 64.6 Å². The number of carbonyl (C=O) groups is 2. The van der Waals surface area contributed by atoms with Crippen LogP contribution in [-0.2, 0) is 23.8 Å². The molecular weight excluding hydrogens is 456 g/mol. The monoisotopic (exact) mass is 488 g/mol. The zero-order valence-corrected chi connectivity index (χ0v) is 20.6. The number of hydrogen-bond acceptors (Lipinski definition) is 6. The van der Waals surface area contributed by atoms with Gasteiger partial charge in [-0.15, -0.1) is 0 Å². The molecule has 7 heteroatoms. The second-order valence-electron chi connectivity index (χ2n) is 8.32. The Hall–Kier alpha value is -2.57. The third-order valence-electron chi connectivity index (χ3n) is 5.70. The highest BCUT2D eigenvalue weighted by atomic mass is 35.5. The quantitative estimate of drug-likeness (QED) is 0.346. The molecule has 0 amide bonds. The van der Waals surface area contributed by atoms with Gasteiger partial charge in [0.2, 0.25) is 0 Å². The van der Waals surface area contributed by atoms with Gasteiger partial charge < -0.3 is 18.9 Å². The minimum absolute atomic E-state index is 0.108. The molecule has 2 aromatic rings. The van der Waals surface area contributed by atoms with Gasteiger partial charge in [-0.3, -0.25) is 4.79 Å². The molecule has 0 N–H and O–H groups in total. The zero-order valence-electron chi connectivity index (χ0n) is 19.9. The van der Waals surface area contributed by atoms with Gasteiger partial charge in [-0.25, -0.2) is 4.79 Å². The van der Waals surface area contributed by atoms with Crippen molar-refractivity contribution >= 4 is 23.5 Å². The molecule has 6 nitrogen and oxygen atoms in total. The Morgan fingerprint density at radius 1 is 1.03 bits per heavy atom. The van der Waals surface area contributed by atoms with Crippen LogP contribution in [0.15, 0.2) is 42.5 Å². The minimum atomic E-state index is -0.556. The molecule has 1 aliphatic rings. The third kappa shape index (κ3) is 7.74. The topological polar surface area (TPSA) is 71.1 Å². The maximum absolute atomic E-state index is 11.9. The number of ether oxygens (including phenoxy) is 4. The summed E-state index contributed by atoms with van der Waals surface area (Å²) in [6, 6.07) is 13.8. The number of hydrogen-bond donors (Lipinski definition) is 0. The van der Waals surface area contributed by atoms with Crippen molar-refractivity contribution in [2.24, 2.45) is 0 Å². The van der Waals surface area contributed by atoms with Crippen LogP contribution in [0.2, 0.25) is 5.02 Å². The van der Waals surface area contributed by atoms with Crippen molar-refractivity contribution in [2.75, 3.05) is 19.8 Å². The zero-order chi connectivity index (χ0) is 24.3. The van der Waals surface area contributed by atoms with E-state index < -0.39 is 5.97 Å². The van der Waals surface area contributed by atoms with Gasteiger partial charge in [0.05, 0.1) is 18.8 Å². The first kappa shape index (κ1) is 26.0. The van der Waals surface area contributed by atoms with Gasteiger partial charge in [0, 0.05) is 17.0 Å². The van der Waals surface area contributed by atoms with E-state index >= 15 is 0 Å². The number of carbonyl (C=O) groups excluding carboxylic acids is 2. The smallest absolute Gasteiger partial charge is 0.344 e. The van der Waals surface area contributed by atoms with E-state index in [0.717, 1.165) is 54.5 Å². The van der Waals surface area contributed by atoms with Crippen molar-refractivity contribution in [3.63, 3.8) is 0 Å². The second kappa shape index (κ2) is 13.4. The lowest BCUT2D eigenvalue weighted by molar-refractivity contribution is -0.163. The maximum Gasteiger partial charge on any atom is 0.344 e. The summed E-state index contributed by atoms with van der Waals surface area (Å²) in [5, 5.41) is 0.669. The summed E-state index contributed by atoms with van der Waals surface area (Å²) >= 11 is 6.50. The predicted molar refractivity (Wildman–Crippen MR) is 131 cm³/mol. The molecule has 184 valence electrons. The van der Waals surface area contributed by atoms with Crippen LogP contribution < -0.4 is 4.74 Å². The molecule has 34 heavy (non-hydrogen) atoms. The van der Waals surface area contributed by atoms with E-state index in [4.69, 9.17) is 30.5 Å². The average molecular weight is 489 g/mol. The van der Waals surface area contributed by atoms with Gasteiger partial charge in [0.25, 0.3) is 0 Å². The summed E-state index contributed by atoms with van der Waals surface area (Å²) in [5.41, 5.74) is 2.98. The van der Waals surface area contributed by atoms with Gasteiger partial charge in [-0.2, -0.15) is 0 Å². The Kier molecular flexibility index (Phi) is 10.2. The molecule has 1 fully saturated rings. The average Bonchev–Trinajstić information content (AvgIpc) is 2.86. The van der Waals surface area contributed by atoms with Crippen LogP contribution in [-0.4, -0.2) is 37.9 Å². The first-order valence-corrected chi connectivity index (χ1v) is 12.4. The molecule has 2 aromatic carbocycles. The van der Waals surface area contributed by atoms with Crippen molar-refractivity contribution < 1.29 is 28.5 Å². The number of halogens is 1. The Morgan fingerprint density at radius 2 is 1.82 bits per heavy atom. The van der Waals surface area contributed by atoms with Crippen LogP contribution >= 0.6 is 11.6 Å². The van der Waals surface area contributed by atoms with Crippen molar-refractivity contribution in [3.8, 4) is 16.9 Å². The Labute approximate surface area is 206 Å². The fraction of sp³-hybridized carbons (Fsp3) is 0.481. The summed E-state index contributed by atoms with van der Waals surface area (Å²) in [7, 11) is 0. The van der Waals surface area contributed by atoms with E-state index in [0.29, 0.717) is 18.1 Å². The molecule has 2 atom stereocenters. The van der Waals surface area contributed by atoms with Gasteiger partial charge in [0.15, 0.2) is 6.61 Å². The van der Waals surface area contributed by atoms with Crippen LogP contribution in [0, 0.1) is 0 Å². The number of benzene rings is 2. The molecule has 0 aromatic heterocycles. The normalized spacial score (nSPS) is 17.7. The maximum atomic E-state index is 11.9. The van der Waals surface area contributed by atoms with Crippen LogP contribution in [0.5, 0.6) is 5.75 Å². The highest BCUT2D eigenvalue weighted by Crippen LogP contribution is 2.36. The van der Waals surface area contributed by atoms with Gasteiger partial charge in [0.1, 0.15) is 12.4 Å². The molecule has 0 radical (unpaired) electrons. The van der Waals surface area contributed by atoms with Crippen molar-refractivity contribution in [3.05, 3.63) is 53.1 Å². The first-order chi connectivity index (χ1) is 16.5. The molecular formula is C27H33ClO6. The lowest BCUT2D eigenvalue weighted by Gasteiger charge is -2.30. The van der Waals surface area contributed by atoms with E-state index in [1.54, 1.807) is 0 Å². The standard InChI is InChI=1S/C27H33ClO6/c1-3-5-9-26(29)33-18-27(30)32-17-22-7-6-8-25(34-22)20-12-15-24(28)23(16-20)19-10-13-21(14-11-19)31-4-2/h10-16,22,25H,3-9,17-18H2,1-2H3/t22-,25+/m1/s1. The first-order valence-electron chi connectivity index (χ1n) is 12.0. The van der Waals surface area contributed by atoms with Crippen molar-refractivity contribution in [1.82, 2.24) is 0 Å². The summed E-state index contributed by atoms with van der Waals surface area (Å²) in [6.45, 7) is 4.34. The second-order valence-corrected chi connectivity index (χ2v) is 8.73. The molecule has 1 saturated heterocycles. The number of rotatable bonds is 11. The Bertz CT molecular complexity index is 943. The number of esters is 2. The molecule has 1 aliphatic heterocycles. The van der Waals surface area contributed by atoms with E-state index in [2.05, 4.69) is 6.07 Å². The highest BCUT2D eigenvalue weighted by molar-refractivity contribution is 6.33. The van der Waals surface area contributed by atoms with Gasteiger partial charge in [-0.05, 0) is 68.0 Å². The Morgan fingerprint density at radius 3 is 2.56 bits per heavy atom. The van der Waals surface area contributed by atoms with E-state index in [-0.39, 0.29) is 31.4 Å². The van der Waals surface area contributed by atoms with E-state index in [1.807, 2.05) is 50.2 Å². The third-order valence-corrected chi connectivity index (χ3v) is 6.03. The molecule has 0 aliphatic carbocycles. The lowest BCUT2D eigenvalue weighted by Crippen LogP contribution is -2.29. The summed E-state index contributed by atoms with van der Waals surface area (Å²) in [4.78, 5) is 23.5. The Balaban J connectivity index is 1.56. The molecule has 1 heterocycles. The predicted octanol–water partition coefficient (Wildman–Crippen LogP) is 6.29. The van der Waals surface area contributed by atoms with Crippen LogP contribution in [0.1, 0.15) is 64.0 Å². The number of unbranched alkanes of at least 4 members (excludes halogenated alkanes) is 1. The SMILES string of the molecule is CCCCC(=O)OCC(=O)OC[C@H]1CCC[C@@H](c2ccc(Cl)c(-c3ccc(OCC)cc3)c2)O1. The van der Waals surface area contributed by atoms with Crippen LogP contribution in [0.25, 0.3) is 11.1 Å². The van der Waals surface area contributed by atoms with Crippen LogP contribution in [0.3, 0.4) is 0 Å². The van der Waals surface area contributed by atoms with Crippen molar-refractivity contribution in [1.29, 1.82) is 0 Å². The summed E-state index contributed by atoms with van der Waals surface area (Å²) in [5.74, 6) is -0.110. The largest absolute Gasteiger partial charge is 0.494 e. The van der Waals surface area contributed by atoms with Gasteiger partial charge >= 0.3 is 11.9 Å². The lowest BCUT2D eigenvalue weighted by atomic mass is 9.95. The van der Waals surface area contributed by atoms with E-state index in [9.17, 15) is 9.59 Å².